The second-order valence-corrected chi connectivity index (χ2v) is 4.30. The lowest BCUT2D eigenvalue weighted by Gasteiger charge is -2.13. The fraction of sp³-hybridized carbons (Fsp3) is 0.267. The van der Waals surface area contributed by atoms with E-state index in [0.717, 1.165) is 6.42 Å². The number of hydrogen-bond donors (Lipinski definition) is 1. The number of ether oxygens (including phenoxy) is 2. The summed E-state index contributed by atoms with van der Waals surface area (Å²) in [5, 5.41) is 0. The van der Waals surface area contributed by atoms with Crippen LogP contribution in [0.2, 0.25) is 0 Å². The molecule has 1 aromatic heterocycles. The molecule has 1 heterocycles. The van der Waals surface area contributed by atoms with Crippen LogP contribution in [0.25, 0.3) is 0 Å². The molecule has 4 nitrogen and oxygen atoms in total. The first kappa shape index (κ1) is 13.4. The predicted octanol–water partition coefficient (Wildman–Crippen LogP) is 2.04. The van der Waals surface area contributed by atoms with E-state index in [-0.39, 0.29) is 6.04 Å². The van der Waals surface area contributed by atoms with Gasteiger partial charge in [0.05, 0.1) is 13.3 Å². The Labute approximate surface area is 113 Å². The first-order valence-electron chi connectivity index (χ1n) is 6.20. The van der Waals surface area contributed by atoms with Gasteiger partial charge in [0.15, 0.2) is 0 Å². The molecule has 2 rings (SSSR count). The Bertz CT molecular complexity index is 485. The van der Waals surface area contributed by atoms with Crippen LogP contribution in [0.5, 0.6) is 11.6 Å². The minimum atomic E-state index is -0.0375. The van der Waals surface area contributed by atoms with Crippen LogP contribution in [0, 0.1) is 0 Å². The molecule has 4 heteroatoms. The average molecular weight is 258 g/mol. The Morgan fingerprint density at radius 3 is 2.58 bits per heavy atom. The highest BCUT2D eigenvalue weighted by Gasteiger charge is 2.05. The highest BCUT2D eigenvalue weighted by atomic mass is 16.5. The maximum atomic E-state index is 6.04. The van der Waals surface area contributed by atoms with Crippen molar-refractivity contribution >= 4 is 0 Å². The van der Waals surface area contributed by atoms with E-state index in [1.54, 1.807) is 19.4 Å². The van der Waals surface area contributed by atoms with Crippen LogP contribution < -0.4 is 15.2 Å². The number of aromatic nitrogens is 1. The summed E-state index contributed by atoms with van der Waals surface area (Å²) in [6.45, 7) is 0.461. The number of methoxy groups -OCH3 is 1. The van der Waals surface area contributed by atoms with E-state index in [0.29, 0.717) is 18.2 Å². The molecule has 0 aliphatic carbocycles. The molecule has 0 radical (unpaired) electrons. The monoisotopic (exact) mass is 258 g/mol. The van der Waals surface area contributed by atoms with Gasteiger partial charge in [0.25, 0.3) is 0 Å². The second kappa shape index (κ2) is 6.75. The first-order chi connectivity index (χ1) is 9.28. The Morgan fingerprint density at radius 2 is 1.95 bits per heavy atom. The van der Waals surface area contributed by atoms with Gasteiger partial charge in [0.1, 0.15) is 12.4 Å². The lowest BCUT2D eigenvalue weighted by molar-refractivity contribution is 0.285. The van der Waals surface area contributed by atoms with E-state index in [4.69, 9.17) is 15.2 Å². The van der Waals surface area contributed by atoms with Crippen molar-refractivity contribution in [3.63, 3.8) is 0 Å². The molecular formula is C15H18N2O2. The summed E-state index contributed by atoms with van der Waals surface area (Å²) in [5.74, 6) is 1.27. The molecule has 0 aliphatic rings. The summed E-state index contributed by atoms with van der Waals surface area (Å²) in [4.78, 5) is 4.07. The van der Waals surface area contributed by atoms with Crippen LogP contribution in [0.15, 0.2) is 48.7 Å². The largest absolute Gasteiger partial charge is 0.490 e. The molecule has 0 saturated heterocycles. The lowest BCUT2D eigenvalue weighted by Crippen LogP contribution is -2.30. The zero-order valence-corrected chi connectivity index (χ0v) is 11.0. The predicted molar refractivity (Wildman–Crippen MR) is 74.4 cm³/mol. The van der Waals surface area contributed by atoms with E-state index >= 15 is 0 Å². The van der Waals surface area contributed by atoms with E-state index in [9.17, 15) is 0 Å². The van der Waals surface area contributed by atoms with Crippen molar-refractivity contribution in [2.75, 3.05) is 13.7 Å². The summed E-state index contributed by atoms with van der Waals surface area (Å²) in [6, 6.07) is 13.7. The Hall–Kier alpha value is -2.07. The van der Waals surface area contributed by atoms with Crippen LogP contribution in [-0.4, -0.2) is 24.7 Å². The van der Waals surface area contributed by atoms with E-state index < -0.39 is 0 Å². The van der Waals surface area contributed by atoms with Gasteiger partial charge in [-0.1, -0.05) is 30.3 Å². The fourth-order valence-corrected chi connectivity index (χ4v) is 1.75. The zero-order valence-electron chi connectivity index (χ0n) is 11.0. The van der Waals surface area contributed by atoms with Crippen LogP contribution in [0.4, 0.5) is 0 Å². The molecule has 1 aromatic carbocycles. The summed E-state index contributed by atoms with van der Waals surface area (Å²) in [6.07, 6.45) is 2.43. The Kier molecular flexibility index (Phi) is 4.75. The molecule has 0 saturated carbocycles. The van der Waals surface area contributed by atoms with Crippen molar-refractivity contribution in [2.24, 2.45) is 5.73 Å². The topological polar surface area (TPSA) is 57.4 Å². The summed E-state index contributed by atoms with van der Waals surface area (Å²) in [7, 11) is 1.58. The quantitative estimate of drug-likeness (QED) is 0.861. The van der Waals surface area contributed by atoms with Crippen molar-refractivity contribution in [2.45, 2.75) is 12.5 Å². The van der Waals surface area contributed by atoms with Gasteiger partial charge in [-0.3, -0.25) is 0 Å². The zero-order chi connectivity index (χ0) is 13.5. The first-order valence-corrected chi connectivity index (χ1v) is 6.20. The standard InChI is InChI=1S/C15H18N2O2/c1-18-15-8-7-14(10-17-15)19-11-13(16)9-12-5-3-2-4-6-12/h2-8,10,13H,9,11,16H2,1H3. The van der Waals surface area contributed by atoms with Gasteiger partial charge >= 0.3 is 0 Å². The normalized spacial score (nSPS) is 11.9. The fourth-order valence-electron chi connectivity index (χ4n) is 1.75. The number of nitrogens with zero attached hydrogens (tertiary/aromatic N) is 1. The molecular weight excluding hydrogens is 240 g/mol. The molecule has 19 heavy (non-hydrogen) atoms. The van der Waals surface area contributed by atoms with Crippen LogP contribution in [0.3, 0.4) is 0 Å². The molecule has 1 unspecified atom stereocenters. The Morgan fingerprint density at radius 1 is 1.16 bits per heavy atom. The third-order valence-corrected chi connectivity index (χ3v) is 2.72. The molecule has 0 bridgehead atoms. The minimum Gasteiger partial charge on any atom is -0.490 e. The molecule has 0 aliphatic heterocycles. The van der Waals surface area contributed by atoms with E-state index in [1.807, 2.05) is 24.3 Å². The molecule has 2 aromatic rings. The van der Waals surface area contributed by atoms with Crippen molar-refractivity contribution in [1.82, 2.24) is 4.98 Å². The lowest BCUT2D eigenvalue weighted by atomic mass is 10.1. The number of nitrogens with two attached hydrogens (primary N) is 1. The summed E-state index contributed by atoms with van der Waals surface area (Å²) >= 11 is 0. The van der Waals surface area contributed by atoms with E-state index in [2.05, 4.69) is 17.1 Å². The average Bonchev–Trinajstić information content (AvgIpc) is 2.47. The van der Waals surface area contributed by atoms with Gasteiger partial charge in [-0.25, -0.2) is 4.98 Å². The molecule has 0 spiro atoms. The van der Waals surface area contributed by atoms with Gasteiger partial charge in [0.2, 0.25) is 5.88 Å². The maximum absolute atomic E-state index is 6.04. The second-order valence-electron chi connectivity index (χ2n) is 4.30. The van der Waals surface area contributed by atoms with Crippen molar-refractivity contribution in [1.29, 1.82) is 0 Å². The van der Waals surface area contributed by atoms with Gasteiger partial charge in [-0.15, -0.1) is 0 Å². The van der Waals surface area contributed by atoms with Crippen LogP contribution >= 0.6 is 0 Å². The SMILES string of the molecule is COc1ccc(OCC(N)Cc2ccccc2)cn1. The molecule has 100 valence electrons. The highest BCUT2D eigenvalue weighted by Crippen LogP contribution is 2.13. The molecule has 1 atom stereocenters. The van der Waals surface area contributed by atoms with Gasteiger partial charge < -0.3 is 15.2 Å². The van der Waals surface area contributed by atoms with Crippen LogP contribution in [0.1, 0.15) is 5.56 Å². The van der Waals surface area contributed by atoms with Crippen molar-refractivity contribution < 1.29 is 9.47 Å². The molecule has 2 N–H and O–H groups in total. The van der Waals surface area contributed by atoms with Crippen molar-refractivity contribution in [3.05, 3.63) is 54.2 Å². The van der Waals surface area contributed by atoms with Gasteiger partial charge in [-0.2, -0.15) is 0 Å². The smallest absolute Gasteiger partial charge is 0.213 e. The summed E-state index contributed by atoms with van der Waals surface area (Å²) < 4.78 is 10.6. The molecule has 0 amide bonds. The summed E-state index contributed by atoms with van der Waals surface area (Å²) in [5.41, 5.74) is 7.25. The van der Waals surface area contributed by atoms with Crippen LogP contribution in [-0.2, 0) is 6.42 Å². The number of hydrogen-bond acceptors (Lipinski definition) is 4. The molecule has 0 fully saturated rings. The Balaban J connectivity index is 1.81. The number of pyridine rings is 1. The van der Waals surface area contributed by atoms with Crippen molar-refractivity contribution in [3.8, 4) is 11.6 Å². The number of rotatable bonds is 6. The third kappa shape index (κ3) is 4.26. The van der Waals surface area contributed by atoms with Gasteiger partial charge in [-0.05, 0) is 18.1 Å². The number of benzene rings is 1. The van der Waals surface area contributed by atoms with Gasteiger partial charge in [0, 0.05) is 12.1 Å². The highest BCUT2D eigenvalue weighted by molar-refractivity contribution is 5.23. The maximum Gasteiger partial charge on any atom is 0.213 e. The van der Waals surface area contributed by atoms with E-state index in [1.165, 1.54) is 5.56 Å². The minimum absolute atomic E-state index is 0.0375. The third-order valence-electron chi connectivity index (χ3n) is 2.72.